The van der Waals surface area contributed by atoms with Crippen molar-refractivity contribution < 1.29 is 18.7 Å². The number of hydrogen-bond acceptors (Lipinski definition) is 6. The van der Waals surface area contributed by atoms with E-state index in [0.717, 1.165) is 11.3 Å². The first-order valence-electron chi connectivity index (χ1n) is 6.05. The highest BCUT2D eigenvalue weighted by Gasteiger charge is 2.11. The van der Waals surface area contributed by atoms with Gasteiger partial charge in [0.2, 0.25) is 0 Å². The lowest BCUT2D eigenvalue weighted by atomic mass is 10.2. The van der Waals surface area contributed by atoms with Crippen LogP contribution in [-0.2, 0) is 0 Å². The van der Waals surface area contributed by atoms with Gasteiger partial charge in [-0.2, -0.15) is 0 Å². The third-order valence-electron chi connectivity index (χ3n) is 2.82. The van der Waals surface area contributed by atoms with E-state index >= 15 is 0 Å². The molecule has 0 N–H and O–H groups in total. The second-order valence-electron chi connectivity index (χ2n) is 4.18. The summed E-state index contributed by atoms with van der Waals surface area (Å²) in [7, 11) is 1.52. The zero-order valence-electron chi connectivity index (χ0n) is 11.0. The smallest absolute Gasteiger partial charge is 0.396 e. The maximum Gasteiger partial charge on any atom is 0.396 e. The first-order valence-corrected chi connectivity index (χ1v) is 6.87. The van der Waals surface area contributed by atoms with E-state index in [1.54, 1.807) is 36.4 Å². The molecule has 6 heteroatoms. The molecule has 0 bridgehead atoms. The predicted molar refractivity (Wildman–Crippen MR) is 78.3 cm³/mol. The van der Waals surface area contributed by atoms with E-state index in [0.29, 0.717) is 27.3 Å². The molecule has 3 rings (SSSR count). The Kier molecular flexibility index (Phi) is 3.45. The lowest BCUT2D eigenvalue weighted by molar-refractivity contribution is 0.0734. The van der Waals surface area contributed by atoms with Crippen LogP contribution >= 0.6 is 11.3 Å². The number of benzene rings is 2. The van der Waals surface area contributed by atoms with Crippen LogP contribution in [0.5, 0.6) is 11.5 Å². The van der Waals surface area contributed by atoms with Crippen molar-refractivity contribution in [1.82, 2.24) is 0 Å². The Labute approximate surface area is 123 Å². The maximum atomic E-state index is 12.1. The summed E-state index contributed by atoms with van der Waals surface area (Å²) in [5.41, 5.74) is 0.780. The third kappa shape index (κ3) is 2.80. The minimum Gasteiger partial charge on any atom is -0.497 e. The number of esters is 1. The van der Waals surface area contributed by atoms with Gasteiger partial charge in [-0.25, -0.2) is 9.59 Å². The first kappa shape index (κ1) is 13.4. The Morgan fingerprint density at radius 1 is 1.14 bits per heavy atom. The first-order chi connectivity index (χ1) is 10.2. The summed E-state index contributed by atoms with van der Waals surface area (Å²) in [6, 6.07) is 11.5. The summed E-state index contributed by atoms with van der Waals surface area (Å²) in [6.45, 7) is 0. The van der Waals surface area contributed by atoms with Crippen LogP contribution in [0, 0.1) is 0 Å². The highest BCUT2D eigenvalue weighted by atomic mass is 32.1. The molecular weight excluding hydrogens is 292 g/mol. The molecule has 1 aromatic heterocycles. The summed E-state index contributed by atoms with van der Waals surface area (Å²) in [5, 5.41) is 0. The summed E-state index contributed by atoms with van der Waals surface area (Å²) < 4.78 is 16.0. The number of carbonyl (C=O) groups is 1. The van der Waals surface area contributed by atoms with Gasteiger partial charge in [-0.15, -0.1) is 0 Å². The minimum atomic E-state index is -0.508. The molecule has 21 heavy (non-hydrogen) atoms. The van der Waals surface area contributed by atoms with Crippen LogP contribution in [0.1, 0.15) is 10.4 Å². The standard InChI is InChI=1S/C15H10O5S/c1-18-10-4-2-3-9(7-10)14(16)19-11-5-6-13-12(8-11)20-15(17)21-13/h2-8H,1H3. The summed E-state index contributed by atoms with van der Waals surface area (Å²) in [4.78, 5) is 22.8. The van der Waals surface area contributed by atoms with Crippen molar-refractivity contribution in [2.45, 2.75) is 0 Å². The molecule has 3 aromatic rings. The summed E-state index contributed by atoms with van der Waals surface area (Å²) in [5.74, 6) is 0.381. The van der Waals surface area contributed by atoms with Crippen molar-refractivity contribution in [2.24, 2.45) is 0 Å². The molecule has 0 unspecified atom stereocenters. The van der Waals surface area contributed by atoms with Crippen molar-refractivity contribution in [1.29, 1.82) is 0 Å². The molecule has 0 fully saturated rings. The van der Waals surface area contributed by atoms with Crippen LogP contribution < -0.4 is 14.4 Å². The molecule has 0 atom stereocenters. The maximum absolute atomic E-state index is 12.1. The van der Waals surface area contributed by atoms with E-state index < -0.39 is 5.97 Å². The fourth-order valence-corrected chi connectivity index (χ4v) is 2.48. The number of carbonyl (C=O) groups excluding carboxylic acids is 1. The van der Waals surface area contributed by atoms with Crippen molar-refractivity contribution >= 4 is 27.6 Å². The Morgan fingerprint density at radius 3 is 2.81 bits per heavy atom. The van der Waals surface area contributed by atoms with Crippen LogP contribution in [0.25, 0.3) is 10.3 Å². The largest absolute Gasteiger partial charge is 0.497 e. The molecule has 5 nitrogen and oxygen atoms in total. The summed E-state index contributed by atoms with van der Waals surface area (Å²) >= 11 is 1.00. The molecule has 0 saturated heterocycles. The molecule has 0 saturated carbocycles. The Hall–Kier alpha value is -2.60. The zero-order chi connectivity index (χ0) is 14.8. The van der Waals surface area contributed by atoms with Crippen molar-refractivity contribution in [2.75, 3.05) is 7.11 Å². The van der Waals surface area contributed by atoms with Gasteiger partial charge in [0, 0.05) is 6.07 Å². The fraction of sp³-hybridized carbons (Fsp3) is 0.0667. The highest BCUT2D eigenvalue weighted by molar-refractivity contribution is 7.16. The van der Waals surface area contributed by atoms with Gasteiger partial charge in [0.25, 0.3) is 0 Å². The molecule has 1 heterocycles. The van der Waals surface area contributed by atoms with Gasteiger partial charge in [-0.3, -0.25) is 0 Å². The van der Waals surface area contributed by atoms with Gasteiger partial charge in [-0.1, -0.05) is 17.4 Å². The monoisotopic (exact) mass is 302 g/mol. The van der Waals surface area contributed by atoms with Gasteiger partial charge in [0.15, 0.2) is 5.58 Å². The molecule has 0 aliphatic carbocycles. The van der Waals surface area contributed by atoms with E-state index in [1.807, 2.05) is 0 Å². The average molecular weight is 302 g/mol. The normalized spacial score (nSPS) is 10.5. The average Bonchev–Trinajstić information content (AvgIpc) is 2.86. The molecular formula is C15H10O5S. The van der Waals surface area contributed by atoms with Gasteiger partial charge in [0.05, 0.1) is 17.4 Å². The summed E-state index contributed by atoms with van der Waals surface area (Å²) in [6.07, 6.45) is 0. The minimum absolute atomic E-state index is 0.317. The Balaban J connectivity index is 1.86. The van der Waals surface area contributed by atoms with Crippen LogP contribution in [0.2, 0.25) is 0 Å². The van der Waals surface area contributed by atoms with Gasteiger partial charge >= 0.3 is 10.9 Å². The number of fused-ring (bicyclic) bond motifs is 1. The van der Waals surface area contributed by atoms with E-state index in [-0.39, 0.29) is 4.94 Å². The number of methoxy groups -OCH3 is 1. The van der Waals surface area contributed by atoms with E-state index in [1.165, 1.54) is 13.2 Å². The molecule has 0 aliphatic rings. The van der Waals surface area contributed by atoms with E-state index in [9.17, 15) is 9.59 Å². The second kappa shape index (κ2) is 5.41. The lowest BCUT2D eigenvalue weighted by Crippen LogP contribution is -2.08. The number of hydrogen-bond donors (Lipinski definition) is 0. The fourth-order valence-electron chi connectivity index (χ4n) is 1.83. The van der Waals surface area contributed by atoms with E-state index in [2.05, 4.69) is 0 Å². The van der Waals surface area contributed by atoms with Gasteiger partial charge in [-0.05, 0) is 30.3 Å². The SMILES string of the molecule is COc1cccc(C(=O)Oc2ccc3sc(=O)oc3c2)c1. The molecule has 106 valence electrons. The zero-order valence-corrected chi connectivity index (χ0v) is 11.8. The highest BCUT2D eigenvalue weighted by Crippen LogP contribution is 2.23. The molecule has 0 radical (unpaired) electrons. The topological polar surface area (TPSA) is 65.7 Å². The van der Waals surface area contributed by atoms with Gasteiger partial charge < -0.3 is 13.9 Å². The Morgan fingerprint density at radius 2 is 2.00 bits per heavy atom. The molecule has 0 amide bonds. The quantitative estimate of drug-likeness (QED) is 0.549. The van der Waals surface area contributed by atoms with Crippen LogP contribution in [0.15, 0.2) is 51.7 Å². The number of ether oxygens (including phenoxy) is 2. The molecule has 0 aliphatic heterocycles. The van der Waals surface area contributed by atoms with Crippen molar-refractivity contribution in [3.8, 4) is 11.5 Å². The molecule has 2 aromatic carbocycles. The van der Waals surface area contributed by atoms with Crippen LogP contribution in [-0.4, -0.2) is 13.1 Å². The van der Waals surface area contributed by atoms with Crippen molar-refractivity contribution in [3.63, 3.8) is 0 Å². The van der Waals surface area contributed by atoms with Crippen LogP contribution in [0.3, 0.4) is 0 Å². The van der Waals surface area contributed by atoms with Gasteiger partial charge in [0.1, 0.15) is 11.5 Å². The number of rotatable bonds is 3. The second-order valence-corrected chi connectivity index (χ2v) is 5.16. The van der Waals surface area contributed by atoms with Crippen LogP contribution in [0.4, 0.5) is 0 Å². The lowest BCUT2D eigenvalue weighted by Gasteiger charge is -2.05. The Bertz CT molecular complexity index is 862. The van der Waals surface area contributed by atoms with E-state index in [4.69, 9.17) is 13.9 Å². The molecule has 0 spiro atoms. The third-order valence-corrected chi connectivity index (χ3v) is 3.62. The van der Waals surface area contributed by atoms with Crippen molar-refractivity contribution in [3.05, 3.63) is 57.8 Å². The predicted octanol–water partition coefficient (Wildman–Crippen LogP) is 3.08.